The summed E-state index contributed by atoms with van der Waals surface area (Å²) in [5.41, 5.74) is 1.78. The molecule has 0 bridgehead atoms. The summed E-state index contributed by atoms with van der Waals surface area (Å²) < 4.78 is 3.97. The number of nitrogens with zero attached hydrogens (tertiary/aromatic N) is 1. The fourth-order valence-corrected chi connectivity index (χ4v) is 1.54. The Balaban J connectivity index is 0.000000220. The molecule has 0 radical (unpaired) electrons. The third-order valence-corrected chi connectivity index (χ3v) is 2.38. The Bertz CT molecular complexity index is 678. The highest BCUT2D eigenvalue weighted by Crippen LogP contribution is 2.17. The summed E-state index contributed by atoms with van der Waals surface area (Å²) in [6, 6.07) is 8.86. The van der Waals surface area contributed by atoms with Gasteiger partial charge >= 0.3 is 11.9 Å². The van der Waals surface area contributed by atoms with Gasteiger partial charge in [0, 0.05) is 24.3 Å². The molecule has 0 N–H and O–H groups in total. The van der Waals surface area contributed by atoms with E-state index in [4.69, 9.17) is 0 Å². The van der Waals surface area contributed by atoms with Gasteiger partial charge in [0.2, 0.25) is 0 Å². The number of anilines is 1. The van der Waals surface area contributed by atoms with Crippen molar-refractivity contribution < 1.29 is 23.9 Å². The Morgan fingerprint density at radius 3 is 1.58 bits per heavy atom. The molecule has 2 heterocycles. The number of imide groups is 1. The first-order valence-corrected chi connectivity index (χ1v) is 6.98. The van der Waals surface area contributed by atoms with E-state index in [1.54, 1.807) is 24.3 Å². The van der Waals surface area contributed by atoms with Gasteiger partial charge in [0.15, 0.2) is 0 Å². The lowest BCUT2D eigenvalue weighted by Crippen LogP contribution is -2.29. The summed E-state index contributed by atoms with van der Waals surface area (Å²) in [5.74, 6) is -1.72. The van der Waals surface area contributed by atoms with Crippen LogP contribution < -0.4 is 4.90 Å². The van der Waals surface area contributed by atoms with Gasteiger partial charge in [-0.2, -0.15) is 0 Å². The Morgan fingerprint density at radius 2 is 1.25 bits per heavy atom. The van der Waals surface area contributed by atoms with E-state index in [0.29, 0.717) is 5.69 Å². The van der Waals surface area contributed by atoms with E-state index in [1.807, 2.05) is 19.9 Å². The Morgan fingerprint density at radius 1 is 0.833 bits per heavy atom. The normalized spacial score (nSPS) is 14.7. The van der Waals surface area contributed by atoms with Crippen molar-refractivity contribution in [1.29, 1.82) is 0 Å². The minimum absolute atomic E-state index is 0.281. The van der Waals surface area contributed by atoms with Crippen molar-refractivity contribution in [1.82, 2.24) is 0 Å². The van der Waals surface area contributed by atoms with Crippen molar-refractivity contribution >= 4 is 29.4 Å². The molecule has 24 heavy (non-hydrogen) atoms. The molecule has 2 aliphatic rings. The van der Waals surface area contributed by atoms with E-state index < -0.39 is 11.9 Å². The maximum atomic E-state index is 11.2. The topological polar surface area (TPSA) is 80.8 Å². The van der Waals surface area contributed by atoms with Crippen LogP contribution in [0.3, 0.4) is 0 Å². The van der Waals surface area contributed by atoms with Crippen LogP contribution in [-0.4, -0.2) is 23.8 Å². The highest BCUT2D eigenvalue weighted by Gasteiger charge is 2.24. The van der Waals surface area contributed by atoms with E-state index in [1.165, 1.54) is 17.7 Å². The number of para-hydroxylation sites is 1. The standard InChI is InChI=1S/C10H7NO2.C4H2O3.C4H8/c12-9-6-7-10(13)11(9)8-4-2-1-3-5-8;5-3-1-2-4(6)7-3;1-4(2)3/h1-7H;1-2H;1H2,2-3H3. The first-order valence-electron chi connectivity index (χ1n) is 6.98. The van der Waals surface area contributed by atoms with Crippen molar-refractivity contribution in [2.75, 3.05) is 4.90 Å². The van der Waals surface area contributed by atoms with E-state index >= 15 is 0 Å². The number of allylic oxidation sites excluding steroid dienone is 1. The molecule has 1 aromatic carbocycles. The average Bonchev–Trinajstić information content (AvgIpc) is 3.05. The van der Waals surface area contributed by atoms with Crippen LogP contribution in [0.15, 0.2) is 66.8 Å². The summed E-state index contributed by atoms with van der Waals surface area (Å²) in [5, 5.41) is 0. The second-order valence-corrected chi connectivity index (χ2v) is 4.96. The third-order valence-electron chi connectivity index (χ3n) is 2.38. The second kappa shape index (κ2) is 8.99. The minimum Gasteiger partial charge on any atom is -0.387 e. The smallest absolute Gasteiger partial charge is 0.338 e. The van der Waals surface area contributed by atoms with E-state index in [-0.39, 0.29) is 11.8 Å². The Labute approximate surface area is 139 Å². The zero-order valence-corrected chi connectivity index (χ0v) is 13.4. The van der Waals surface area contributed by atoms with Gasteiger partial charge < -0.3 is 4.74 Å². The van der Waals surface area contributed by atoms with Gasteiger partial charge in [0.25, 0.3) is 11.8 Å². The van der Waals surface area contributed by atoms with Gasteiger partial charge in [0.05, 0.1) is 5.69 Å². The molecule has 0 saturated carbocycles. The molecule has 0 saturated heterocycles. The predicted molar refractivity (Wildman–Crippen MR) is 88.8 cm³/mol. The number of carbonyl (C=O) groups is 4. The maximum absolute atomic E-state index is 11.2. The Kier molecular flexibility index (Phi) is 7.03. The third kappa shape index (κ3) is 6.23. The largest absolute Gasteiger partial charge is 0.387 e. The number of carbonyl (C=O) groups excluding carboxylic acids is 4. The number of hydrogen-bond acceptors (Lipinski definition) is 5. The van der Waals surface area contributed by atoms with Crippen molar-refractivity contribution in [3.8, 4) is 0 Å². The van der Waals surface area contributed by atoms with Crippen molar-refractivity contribution in [2.24, 2.45) is 0 Å². The molecule has 2 amide bonds. The molecule has 6 nitrogen and oxygen atoms in total. The van der Waals surface area contributed by atoms with Gasteiger partial charge in [-0.05, 0) is 26.0 Å². The minimum atomic E-state index is -0.579. The van der Waals surface area contributed by atoms with Crippen LogP contribution in [0.4, 0.5) is 5.69 Å². The fourth-order valence-electron chi connectivity index (χ4n) is 1.54. The van der Waals surface area contributed by atoms with Gasteiger partial charge in [-0.1, -0.05) is 23.8 Å². The van der Waals surface area contributed by atoms with Gasteiger partial charge in [-0.3, -0.25) is 9.59 Å². The molecule has 2 aliphatic heterocycles. The number of rotatable bonds is 1. The van der Waals surface area contributed by atoms with E-state index in [9.17, 15) is 19.2 Å². The van der Waals surface area contributed by atoms with Crippen LogP contribution in [0.5, 0.6) is 0 Å². The molecule has 0 aromatic heterocycles. The summed E-state index contributed by atoms with van der Waals surface area (Å²) in [6.45, 7) is 7.50. The molecular formula is C18H17NO5. The van der Waals surface area contributed by atoms with Crippen molar-refractivity contribution in [2.45, 2.75) is 13.8 Å². The Hall–Kier alpha value is -3.28. The number of cyclic esters (lactones) is 2. The zero-order valence-electron chi connectivity index (χ0n) is 13.4. The van der Waals surface area contributed by atoms with Crippen LogP contribution in [0.1, 0.15) is 13.8 Å². The lowest BCUT2D eigenvalue weighted by molar-refractivity contribution is -0.150. The van der Waals surface area contributed by atoms with E-state index in [2.05, 4.69) is 11.3 Å². The average molecular weight is 327 g/mol. The number of hydrogen-bond donors (Lipinski definition) is 0. The molecule has 6 heteroatoms. The first-order chi connectivity index (χ1) is 11.3. The van der Waals surface area contributed by atoms with Crippen LogP contribution in [0.2, 0.25) is 0 Å². The lowest BCUT2D eigenvalue weighted by Gasteiger charge is -2.12. The molecule has 0 unspecified atom stereocenters. The summed E-state index contributed by atoms with van der Waals surface area (Å²) >= 11 is 0. The number of esters is 2. The highest BCUT2D eigenvalue weighted by molar-refractivity contribution is 6.28. The number of ether oxygens (including phenoxy) is 1. The van der Waals surface area contributed by atoms with Crippen molar-refractivity contribution in [3.05, 3.63) is 66.8 Å². The van der Waals surface area contributed by atoms with Crippen molar-refractivity contribution in [3.63, 3.8) is 0 Å². The number of benzene rings is 1. The zero-order chi connectivity index (χ0) is 18.1. The molecule has 3 rings (SSSR count). The molecule has 0 spiro atoms. The van der Waals surface area contributed by atoms with Crippen LogP contribution in [0, 0.1) is 0 Å². The molecular weight excluding hydrogens is 310 g/mol. The predicted octanol–water partition coefficient (Wildman–Crippen LogP) is 2.32. The molecule has 0 fully saturated rings. The van der Waals surface area contributed by atoms with Gasteiger partial charge in [-0.15, -0.1) is 6.58 Å². The maximum Gasteiger partial charge on any atom is 0.338 e. The highest BCUT2D eigenvalue weighted by atomic mass is 16.6. The second-order valence-electron chi connectivity index (χ2n) is 4.96. The number of amides is 2. The fraction of sp³-hybridized carbons (Fsp3) is 0.111. The van der Waals surface area contributed by atoms with Crippen LogP contribution in [0.25, 0.3) is 0 Å². The van der Waals surface area contributed by atoms with Gasteiger partial charge in [0.1, 0.15) is 0 Å². The molecule has 1 aromatic rings. The lowest BCUT2D eigenvalue weighted by atomic mass is 10.3. The summed E-state index contributed by atoms with van der Waals surface area (Å²) in [6.07, 6.45) is 4.72. The quantitative estimate of drug-likeness (QED) is 0.342. The first kappa shape index (κ1) is 18.8. The van der Waals surface area contributed by atoms with E-state index in [0.717, 1.165) is 17.1 Å². The van der Waals surface area contributed by atoms with Crippen LogP contribution in [-0.2, 0) is 23.9 Å². The molecule has 0 atom stereocenters. The SMILES string of the molecule is C=C(C)C.O=C1C=CC(=O)N1c1ccccc1.O=C1C=CC(=O)O1. The molecule has 124 valence electrons. The molecule has 0 aliphatic carbocycles. The van der Waals surface area contributed by atoms with Gasteiger partial charge in [-0.25, -0.2) is 14.5 Å². The summed E-state index contributed by atoms with van der Waals surface area (Å²) in [4.78, 5) is 43.4. The van der Waals surface area contributed by atoms with Crippen LogP contribution >= 0.6 is 0 Å². The monoisotopic (exact) mass is 327 g/mol. The summed E-state index contributed by atoms with van der Waals surface area (Å²) in [7, 11) is 0.